The number of carboxylic acids is 1. The molecule has 1 aliphatic heterocycles. The van der Waals surface area contributed by atoms with Gasteiger partial charge in [0.1, 0.15) is 24.0 Å². The minimum Gasteiger partial charge on any atom is -0.487 e. The molecule has 61 heavy (non-hydrogen) atoms. The standard InChI is InChI=1S/C45H56BrN3O12/c1-41-12-11-27(51)19-26(41)5-8-29-30-20-34-45(33(53)24-50,42(30,2)21-32(52)38(29)41)61-40(59-34)25-3-6-28(7-4-25)60-44-16-13-43(14-17-44,15-18-44)49-39(58)31(9-10-37(56)57)48-36(55)23-47-35(54)22-46/h3-4,6-7,11-12,19,29-32,34,38,40,50,52H,5,8-10,13-18,20-24H2,1-2H3,(H,47,54)(H,48,55)(H,49,58)(H,56,57)/t29-,30-,31-,32-,34?,38+,40+,41-,42-,43?,44?,45+/m0/s1. The SMILES string of the molecule is C[C@]12C=CC(=O)C=C1CC[C@@H]1[C@@H]2[C@@H](O)C[C@@]2(C)[C@H]1CC1O[C@@H](c3ccc(OC45CCC(NC(=O)[C@H](CCC(=O)O)NC(=O)CNC(=O)CBr)(CC4)CC5)cc3)O[C@]12C(=O)CO. The Hall–Kier alpha value is -3.96. The van der Waals surface area contributed by atoms with Crippen LogP contribution in [-0.2, 0) is 38.2 Å². The van der Waals surface area contributed by atoms with Crippen molar-refractivity contribution >= 4 is 51.2 Å². The molecule has 7 aliphatic carbocycles. The van der Waals surface area contributed by atoms with E-state index < -0.39 is 88.2 Å². The third-order valence-corrected chi connectivity index (χ3v) is 16.2. The number of ether oxygens (including phenoxy) is 3. The van der Waals surface area contributed by atoms with E-state index in [1.807, 2.05) is 37.3 Å². The van der Waals surface area contributed by atoms with Gasteiger partial charge in [-0.05, 0) is 107 Å². The molecule has 0 aromatic heterocycles. The monoisotopic (exact) mass is 909 g/mol. The van der Waals surface area contributed by atoms with Crippen LogP contribution in [0.2, 0.25) is 0 Å². The fourth-order valence-corrected chi connectivity index (χ4v) is 12.8. The number of amides is 3. The van der Waals surface area contributed by atoms with Gasteiger partial charge in [0, 0.05) is 34.3 Å². The molecule has 16 heteroatoms. The highest BCUT2D eigenvalue weighted by molar-refractivity contribution is 9.09. The molecule has 8 aliphatic rings. The second-order valence-corrected chi connectivity index (χ2v) is 19.5. The number of carbonyl (C=O) groups excluding carboxylic acids is 5. The van der Waals surface area contributed by atoms with Crippen molar-refractivity contribution in [1.29, 1.82) is 0 Å². The lowest BCUT2D eigenvalue weighted by Gasteiger charge is -2.59. The number of hydrogen-bond acceptors (Lipinski definition) is 11. The molecule has 0 radical (unpaired) electrons. The first-order chi connectivity index (χ1) is 29.0. The van der Waals surface area contributed by atoms with Gasteiger partial charge in [-0.15, -0.1) is 0 Å². The molecule has 330 valence electrons. The van der Waals surface area contributed by atoms with Crippen molar-refractivity contribution in [2.45, 2.75) is 132 Å². The topological polar surface area (TPSA) is 227 Å². The Labute approximate surface area is 362 Å². The molecule has 10 atom stereocenters. The number of ketones is 2. The highest BCUT2D eigenvalue weighted by Crippen LogP contribution is 2.70. The van der Waals surface area contributed by atoms with Crippen LogP contribution in [0.4, 0.5) is 0 Å². The van der Waals surface area contributed by atoms with Crippen molar-refractivity contribution < 1.29 is 58.3 Å². The molecule has 1 aromatic rings. The average molecular weight is 911 g/mol. The molecule has 7 fully saturated rings. The van der Waals surface area contributed by atoms with Gasteiger partial charge >= 0.3 is 5.97 Å². The normalized spacial score (nSPS) is 38.5. The second-order valence-electron chi connectivity index (χ2n) is 18.9. The molecule has 1 heterocycles. The maximum atomic E-state index is 14.0. The van der Waals surface area contributed by atoms with Crippen molar-refractivity contribution in [3.05, 3.63) is 53.6 Å². The minimum absolute atomic E-state index is 0.0106. The van der Waals surface area contributed by atoms with E-state index in [1.165, 1.54) is 0 Å². The van der Waals surface area contributed by atoms with E-state index in [-0.39, 0.29) is 48.3 Å². The van der Waals surface area contributed by atoms with Crippen LogP contribution < -0.4 is 20.7 Å². The van der Waals surface area contributed by atoms with Gasteiger partial charge in [0.05, 0.1) is 24.1 Å². The number of halogens is 1. The molecular formula is C45H56BrN3O12. The van der Waals surface area contributed by atoms with Crippen molar-refractivity contribution in [3.63, 3.8) is 0 Å². The summed E-state index contributed by atoms with van der Waals surface area (Å²) < 4.78 is 20.1. The van der Waals surface area contributed by atoms with Crippen LogP contribution in [0.5, 0.6) is 5.75 Å². The number of benzene rings is 1. The molecule has 9 rings (SSSR count). The summed E-state index contributed by atoms with van der Waals surface area (Å²) in [6, 6.07) is 6.36. The summed E-state index contributed by atoms with van der Waals surface area (Å²) >= 11 is 3.01. The molecule has 1 unspecified atom stereocenters. The predicted molar refractivity (Wildman–Crippen MR) is 221 cm³/mol. The van der Waals surface area contributed by atoms with Gasteiger partial charge in [-0.3, -0.25) is 28.8 Å². The van der Waals surface area contributed by atoms with Gasteiger partial charge in [-0.1, -0.05) is 53.6 Å². The quantitative estimate of drug-likeness (QED) is 0.148. The predicted octanol–water partition coefficient (Wildman–Crippen LogP) is 3.49. The number of carboxylic acid groups (broad SMARTS) is 1. The Bertz CT molecular complexity index is 2010. The number of carbonyl (C=O) groups is 6. The van der Waals surface area contributed by atoms with Crippen molar-refractivity contribution in [1.82, 2.24) is 16.0 Å². The van der Waals surface area contributed by atoms with Gasteiger partial charge in [-0.25, -0.2) is 0 Å². The van der Waals surface area contributed by atoms with Crippen LogP contribution in [0.1, 0.15) is 103 Å². The number of aliphatic carboxylic acids is 1. The molecule has 0 spiro atoms. The zero-order valence-electron chi connectivity index (χ0n) is 34.6. The van der Waals surface area contributed by atoms with Crippen molar-refractivity contribution in [2.75, 3.05) is 18.5 Å². The number of Topliss-reactive ketones (excluding diaryl/α,β-unsaturated/α-hetero) is 1. The minimum atomic E-state index is -1.45. The summed E-state index contributed by atoms with van der Waals surface area (Å²) in [6.07, 6.45) is 8.84. The Morgan fingerprint density at radius 2 is 1.72 bits per heavy atom. The van der Waals surface area contributed by atoms with Gasteiger partial charge in [0.25, 0.3) is 0 Å². The number of fused-ring (bicyclic) bond motifs is 10. The summed E-state index contributed by atoms with van der Waals surface area (Å²) in [7, 11) is 0. The molecule has 1 aromatic carbocycles. The fourth-order valence-electron chi connectivity index (χ4n) is 12.6. The highest BCUT2D eigenvalue weighted by atomic mass is 79.9. The molecule has 1 saturated heterocycles. The number of hydrogen-bond donors (Lipinski definition) is 6. The first kappa shape index (κ1) is 43.7. The Kier molecular flexibility index (Phi) is 11.7. The number of aliphatic hydroxyl groups excluding tert-OH is 2. The van der Waals surface area contributed by atoms with E-state index >= 15 is 0 Å². The van der Waals surface area contributed by atoms with Crippen LogP contribution in [-0.4, -0.2) is 104 Å². The zero-order valence-corrected chi connectivity index (χ0v) is 36.2. The van der Waals surface area contributed by atoms with E-state index in [0.29, 0.717) is 62.7 Å². The molecule has 3 amide bonds. The van der Waals surface area contributed by atoms with Crippen LogP contribution in [0.3, 0.4) is 0 Å². The molecule has 6 saturated carbocycles. The van der Waals surface area contributed by atoms with Crippen molar-refractivity contribution in [3.8, 4) is 5.75 Å². The maximum absolute atomic E-state index is 14.0. The van der Waals surface area contributed by atoms with E-state index in [4.69, 9.17) is 14.2 Å². The fraction of sp³-hybridized carbons (Fsp3) is 0.644. The van der Waals surface area contributed by atoms with Gasteiger partial charge in [0.2, 0.25) is 17.7 Å². The zero-order chi connectivity index (χ0) is 43.5. The Morgan fingerprint density at radius 3 is 2.38 bits per heavy atom. The van der Waals surface area contributed by atoms with Gasteiger partial charge < -0.3 is 45.5 Å². The largest absolute Gasteiger partial charge is 0.487 e. The van der Waals surface area contributed by atoms with E-state index in [1.54, 1.807) is 12.2 Å². The highest BCUT2D eigenvalue weighted by Gasteiger charge is 2.76. The molecule has 6 N–H and O–H groups in total. The van der Waals surface area contributed by atoms with E-state index in [0.717, 1.165) is 18.4 Å². The van der Waals surface area contributed by atoms with Crippen molar-refractivity contribution in [2.24, 2.45) is 28.6 Å². The third kappa shape index (κ3) is 7.57. The lowest BCUT2D eigenvalue weighted by molar-refractivity contribution is -0.201. The lowest BCUT2D eigenvalue weighted by Crippen LogP contribution is -2.63. The third-order valence-electron chi connectivity index (χ3n) is 15.7. The van der Waals surface area contributed by atoms with Crippen LogP contribution >= 0.6 is 15.9 Å². The molecule has 2 bridgehead atoms. The Morgan fingerprint density at radius 1 is 1.02 bits per heavy atom. The van der Waals surface area contributed by atoms with Gasteiger partial charge in [-0.2, -0.15) is 0 Å². The Balaban J connectivity index is 0.908. The molecular weight excluding hydrogens is 854 g/mol. The number of allylic oxidation sites excluding steroid dienone is 4. The van der Waals surface area contributed by atoms with Crippen LogP contribution in [0, 0.1) is 28.6 Å². The maximum Gasteiger partial charge on any atom is 0.303 e. The first-order valence-corrected chi connectivity index (χ1v) is 22.7. The summed E-state index contributed by atoms with van der Waals surface area (Å²) in [5, 5.41) is 39.7. The molecule has 15 nitrogen and oxygen atoms in total. The second kappa shape index (κ2) is 16.3. The van der Waals surface area contributed by atoms with Crippen LogP contribution in [0.15, 0.2) is 48.1 Å². The van der Waals surface area contributed by atoms with Crippen LogP contribution in [0.25, 0.3) is 0 Å². The van der Waals surface area contributed by atoms with E-state index in [9.17, 15) is 44.1 Å². The van der Waals surface area contributed by atoms with Gasteiger partial charge in [0.15, 0.2) is 23.5 Å². The summed E-state index contributed by atoms with van der Waals surface area (Å²) in [5.41, 5.74) is -1.96. The average Bonchev–Trinajstić information content (AvgIpc) is 3.74. The first-order valence-electron chi connectivity index (χ1n) is 21.5. The smallest absolute Gasteiger partial charge is 0.303 e. The number of nitrogens with one attached hydrogen (secondary N) is 3. The number of aliphatic hydroxyl groups is 2. The summed E-state index contributed by atoms with van der Waals surface area (Å²) in [4.78, 5) is 75.1. The summed E-state index contributed by atoms with van der Waals surface area (Å²) in [6.45, 7) is 3.07. The van der Waals surface area contributed by atoms with E-state index in [2.05, 4.69) is 38.8 Å². The summed E-state index contributed by atoms with van der Waals surface area (Å²) in [5.74, 6) is -2.45. The number of rotatable bonds is 14. The number of alkyl halides is 1. The lowest BCUT2D eigenvalue weighted by atomic mass is 9.46.